The van der Waals surface area contributed by atoms with Gasteiger partial charge < -0.3 is 25.2 Å². The van der Waals surface area contributed by atoms with E-state index < -0.39 is 6.10 Å². The van der Waals surface area contributed by atoms with Crippen molar-refractivity contribution in [2.45, 2.75) is 96.1 Å². The Kier molecular flexibility index (Phi) is 6.42. The number of carbonyl (C=O) groups excluding carboxylic acids is 1. The third kappa shape index (κ3) is 4.55. The zero-order valence-electron chi connectivity index (χ0n) is 17.9. The summed E-state index contributed by atoms with van der Waals surface area (Å²) in [5, 5.41) is 16.0. The van der Waals surface area contributed by atoms with Gasteiger partial charge >= 0.3 is 0 Å². The van der Waals surface area contributed by atoms with Gasteiger partial charge in [0.15, 0.2) is 0 Å². The zero-order chi connectivity index (χ0) is 20.5. The molecule has 6 heteroatoms. The monoisotopic (exact) mass is 394 g/mol. The number of carbonyl (C=O) groups is 1. The molecule has 0 aromatic heterocycles. The van der Waals surface area contributed by atoms with Crippen molar-refractivity contribution in [2.75, 3.05) is 13.2 Å². The molecule has 4 atom stereocenters. The SMILES string of the molecule is C=C(CC)NC12CCCC(C)(C1)C2.CC(C)C(=O)NC1COC2C(O)COC12. The topological polar surface area (TPSA) is 79.8 Å². The molecule has 6 nitrogen and oxygen atoms in total. The summed E-state index contributed by atoms with van der Waals surface area (Å²) in [7, 11) is 0. The van der Waals surface area contributed by atoms with E-state index in [0.717, 1.165) is 6.42 Å². The van der Waals surface area contributed by atoms with E-state index in [-0.39, 0.29) is 30.1 Å². The second-order valence-corrected chi connectivity index (χ2v) is 9.81. The molecule has 0 spiro atoms. The highest BCUT2D eigenvalue weighted by molar-refractivity contribution is 5.78. The Bertz CT molecular complexity index is 585. The van der Waals surface area contributed by atoms with Crippen LogP contribution in [-0.4, -0.2) is 54.1 Å². The van der Waals surface area contributed by atoms with E-state index in [2.05, 4.69) is 31.1 Å². The van der Waals surface area contributed by atoms with Crippen molar-refractivity contribution in [1.29, 1.82) is 0 Å². The van der Waals surface area contributed by atoms with Crippen LogP contribution >= 0.6 is 0 Å². The lowest BCUT2D eigenvalue weighted by Gasteiger charge is -2.60. The van der Waals surface area contributed by atoms with E-state index in [9.17, 15) is 9.90 Å². The normalized spacial score (nSPS) is 40.8. The molecule has 5 aliphatic rings. The van der Waals surface area contributed by atoms with Gasteiger partial charge in [0.1, 0.15) is 18.3 Å². The first kappa shape index (κ1) is 21.6. The molecule has 28 heavy (non-hydrogen) atoms. The van der Waals surface area contributed by atoms with Crippen molar-refractivity contribution < 1.29 is 19.4 Å². The zero-order valence-corrected chi connectivity index (χ0v) is 17.9. The minimum atomic E-state index is -0.559. The standard InChI is InChI=1S/C12H21N.C10H17NO4/c1-4-10(2)13-12-7-5-6-11(3,8-12)9-12;1-5(2)10(13)11-6-3-14-9-7(12)4-15-8(6)9/h13H,2,4-9H2,1,3H3;5-9,12H,3-4H2,1-2H3,(H,11,13). The van der Waals surface area contributed by atoms with Gasteiger partial charge in [0.2, 0.25) is 5.91 Å². The second kappa shape index (κ2) is 8.33. The Morgan fingerprint density at radius 1 is 1.21 bits per heavy atom. The van der Waals surface area contributed by atoms with E-state index in [1.54, 1.807) is 0 Å². The molecule has 160 valence electrons. The van der Waals surface area contributed by atoms with Gasteiger partial charge in [-0.05, 0) is 37.5 Å². The average molecular weight is 395 g/mol. The van der Waals surface area contributed by atoms with Crippen LogP contribution in [-0.2, 0) is 14.3 Å². The summed E-state index contributed by atoms with van der Waals surface area (Å²) in [4.78, 5) is 11.5. The van der Waals surface area contributed by atoms with Crippen LogP contribution in [0.2, 0.25) is 0 Å². The molecular weight excluding hydrogens is 356 g/mol. The predicted molar refractivity (Wildman–Crippen MR) is 109 cm³/mol. The van der Waals surface area contributed by atoms with Gasteiger partial charge in [0, 0.05) is 17.2 Å². The third-order valence-electron chi connectivity index (χ3n) is 6.71. The van der Waals surface area contributed by atoms with Gasteiger partial charge in [-0.2, -0.15) is 0 Å². The smallest absolute Gasteiger partial charge is 0.222 e. The van der Waals surface area contributed by atoms with Crippen molar-refractivity contribution in [3.05, 3.63) is 12.3 Å². The summed E-state index contributed by atoms with van der Waals surface area (Å²) in [6, 6.07) is -0.123. The quantitative estimate of drug-likeness (QED) is 0.668. The molecule has 0 aromatic carbocycles. The van der Waals surface area contributed by atoms with Gasteiger partial charge in [-0.15, -0.1) is 0 Å². The first-order valence-corrected chi connectivity index (χ1v) is 10.8. The molecule has 5 fully saturated rings. The molecule has 5 rings (SSSR count). The fraction of sp³-hybridized carbons (Fsp3) is 0.864. The van der Waals surface area contributed by atoms with Crippen molar-refractivity contribution in [2.24, 2.45) is 11.3 Å². The molecule has 2 heterocycles. The average Bonchev–Trinajstić information content (AvgIpc) is 3.18. The number of fused-ring (bicyclic) bond motifs is 3. The van der Waals surface area contributed by atoms with Crippen LogP contribution in [0.25, 0.3) is 0 Å². The fourth-order valence-electron chi connectivity index (χ4n) is 5.36. The molecule has 3 N–H and O–H groups in total. The Morgan fingerprint density at radius 3 is 2.50 bits per heavy atom. The molecule has 0 aromatic rings. The molecule has 0 radical (unpaired) electrons. The van der Waals surface area contributed by atoms with E-state index in [1.807, 2.05) is 13.8 Å². The van der Waals surface area contributed by atoms with Gasteiger partial charge in [0.25, 0.3) is 0 Å². The second-order valence-electron chi connectivity index (χ2n) is 9.81. The fourth-order valence-corrected chi connectivity index (χ4v) is 5.36. The lowest BCUT2D eigenvalue weighted by atomic mass is 9.50. The Hall–Kier alpha value is -1.11. The number of rotatable bonds is 5. The van der Waals surface area contributed by atoms with Crippen LogP contribution in [0, 0.1) is 11.3 Å². The van der Waals surface area contributed by atoms with Crippen LogP contribution in [0.4, 0.5) is 0 Å². The van der Waals surface area contributed by atoms with Gasteiger partial charge in [0.05, 0.1) is 19.3 Å². The highest BCUT2D eigenvalue weighted by atomic mass is 16.6. The largest absolute Gasteiger partial charge is 0.388 e. The number of hydrogen-bond acceptors (Lipinski definition) is 5. The Morgan fingerprint density at radius 2 is 1.89 bits per heavy atom. The summed E-state index contributed by atoms with van der Waals surface area (Å²) >= 11 is 0. The maximum atomic E-state index is 11.5. The number of allylic oxidation sites excluding steroid dienone is 1. The number of nitrogens with one attached hydrogen (secondary N) is 2. The summed E-state index contributed by atoms with van der Waals surface area (Å²) in [6.07, 6.45) is 6.99. The van der Waals surface area contributed by atoms with E-state index in [4.69, 9.17) is 9.47 Å². The number of ether oxygens (including phenoxy) is 2. The van der Waals surface area contributed by atoms with Crippen molar-refractivity contribution >= 4 is 5.91 Å². The van der Waals surface area contributed by atoms with Gasteiger partial charge in [-0.3, -0.25) is 4.79 Å². The molecular formula is C22H38N2O4. The molecule has 3 aliphatic carbocycles. The van der Waals surface area contributed by atoms with E-state index >= 15 is 0 Å². The third-order valence-corrected chi connectivity index (χ3v) is 6.71. The number of hydrogen-bond donors (Lipinski definition) is 3. The lowest BCUT2D eigenvalue weighted by Crippen LogP contribution is -2.61. The van der Waals surface area contributed by atoms with E-state index in [0.29, 0.717) is 24.2 Å². The van der Waals surface area contributed by atoms with Crippen molar-refractivity contribution in [1.82, 2.24) is 10.6 Å². The molecule has 2 saturated heterocycles. The maximum Gasteiger partial charge on any atom is 0.222 e. The molecule has 4 unspecified atom stereocenters. The Labute approximate surface area is 169 Å². The molecule has 3 saturated carbocycles. The Balaban J connectivity index is 0.000000162. The van der Waals surface area contributed by atoms with E-state index in [1.165, 1.54) is 37.8 Å². The van der Waals surface area contributed by atoms with Crippen LogP contribution in [0.5, 0.6) is 0 Å². The molecule has 2 bridgehead atoms. The predicted octanol–water partition coefficient (Wildman–Crippen LogP) is 2.51. The number of aliphatic hydroxyl groups excluding tert-OH is 1. The highest BCUT2D eigenvalue weighted by Gasteiger charge is 2.54. The number of aliphatic hydroxyl groups is 1. The van der Waals surface area contributed by atoms with Gasteiger partial charge in [-0.25, -0.2) is 0 Å². The highest BCUT2D eigenvalue weighted by Crippen LogP contribution is 2.58. The first-order chi connectivity index (χ1) is 13.2. The van der Waals surface area contributed by atoms with Crippen LogP contribution < -0.4 is 10.6 Å². The minimum Gasteiger partial charge on any atom is -0.388 e. The van der Waals surface area contributed by atoms with Crippen LogP contribution in [0.1, 0.15) is 66.2 Å². The summed E-state index contributed by atoms with van der Waals surface area (Å²) in [6.45, 7) is 13.1. The lowest BCUT2D eigenvalue weighted by molar-refractivity contribution is -0.125. The first-order valence-electron chi connectivity index (χ1n) is 10.8. The van der Waals surface area contributed by atoms with Gasteiger partial charge in [-0.1, -0.05) is 40.7 Å². The molecule has 1 amide bonds. The van der Waals surface area contributed by atoms with Crippen LogP contribution in [0.3, 0.4) is 0 Å². The van der Waals surface area contributed by atoms with Crippen molar-refractivity contribution in [3.8, 4) is 0 Å². The summed E-state index contributed by atoms with van der Waals surface area (Å²) in [5.41, 5.74) is 2.35. The molecule has 2 aliphatic heterocycles. The summed E-state index contributed by atoms with van der Waals surface area (Å²) < 4.78 is 10.8. The maximum absolute atomic E-state index is 11.5. The van der Waals surface area contributed by atoms with Crippen LogP contribution in [0.15, 0.2) is 12.3 Å². The minimum absolute atomic E-state index is 0.00533. The summed E-state index contributed by atoms with van der Waals surface area (Å²) in [5.74, 6) is -0.0513. The van der Waals surface area contributed by atoms with Crippen molar-refractivity contribution in [3.63, 3.8) is 0 Å². The number of amides is 1.